The summed E-state index contributed by atoms with van der Waals surface area (Å²) in [6.45, 7) is 7.11. The molecule has 112 valence electrons. The predicted molar refractivity (Wildman–Crippen MR) is 81.9 cm³/mol. The molecule has 0 fully saturated rings. The third kappa shape index (κ3) is 6.73. The van der Waals surface area contributed by atoms with Crippen molar-refractivity contribution < 1.29 is 14.6 Å². The molecule has 1 aromatic carbocycles. The fourth-order valence-electron chi connectivity index (χ4n) is 1.97. The molecule has 20 heavy (non-hydrogen) atoms. The van der Waals surface area contributed by atoms with E-state index in [0.717, 1.165) is 24.2 Å². The molecule has 0 unspecified atom stereocenters. The van der Waals surface area contributed by atoms with E-state index in [1.165, 1.54) is 0 Å². The summed E-state index contributed by atoms with van der Waals surface area (Å²) in [6.07, 6.45) is 3.93. The van der Waals surface area contributed by atoms with Crippen LogP contribution in [-0.4, -0.2) is 24.9 Å². The van der Waals surface area contributed by atoms with E-state index in [2.05, 4.69) is 13.5 Å². The standard InChI is InChI=1S/C17H26O3/c1-4-5-16(18)9-6-14(2)12-20-13-15-7-10-17(19-3)11-8-15/h4,7-8,10-11,14,16,18H,1,5-6,9,12-13H2,2-3H3/t14-,16+/m0/s1. The first kappa shape index (κ1) is 16.7. The summed E-state index contributed by atoms with van der Waals surface area (Å²) in [5.74, 6) is 1.31. The molecule has 0 saturated carbocycles. The van der Waals surface area contributed by atoms with Crippen LogP contribution in [0.5, 0.6) is 5.75 Å². The van der Waals surface area contributed by atoms with Gasteiger partial charge in [-0.15, -0.1) is 6.58 Å². The second-order valence-corrected chi connectivity index (χ2v) is 5.22. The summed E-state index contributed by atoms with van der Waals surface area (Å²) in [6, 6.07) is 7.90. The quantitative estimate of drug-likeness (QED) is 0.665. The highest BCUT2D eigenvalue weighted by Crippen LogP contribution is 2.14. The van der Waals surface area contributed by atoms with Crippen LogP contribution in [0.3, 0.4) is 0 Å². The first-order valence-corrected chi connectivity index (χ1v) is 7.15. The van der Waals surface area contributed by atoms with E-state index in [1.54, 1.807) is 13.2 Å². The van der Waals surface area contributed by atoms with Crippen LogP contribution in [0.25, 0.3) is 0 Å². The average molecular weight is 278 g/mol. The van der Waals surface area contributed by atoms with Crippen LogP contribution >= 0.6 is 0 Å². The molecule has 1 rings (SSSR count). The van der Waals surface area contributed by atoms with E-state index in [9.17, 15) is 5.11 Å². The summed E-state index contributed by atoms with van der Waals surface area (Å²) in [7, 11) is 1.66. The maximum Gasteiger partial charge on any atom is 0.118 e. The number of aliphatic hydroxyl groups excluding tert-OH is 1. The molecule has 3 nitrogen and oxygen atoms in total. The zero-order valence-corrected chi connectivity index (χ0v) is 12.5. The van der Waals surface area contributed by atoms with Gasteiger partial charge in [0.1, 0.15) is 5.75 Å². The molecule has 0 aliphatic carbocycles. The molecule has 0 bridgehead atoms. The van der Waals surface area contributed by atoms with Gasteiger partial charge in [-0.05, 0) is 42.9 Å². The number of aliphatic hydroxyl groups is 1. The van der Waals surface area contributed by atoms with E-state index in [-0.39, 0.29) is 6.10 Å². The van der Waals surface area contributed by atoms with Gasteiger partial charge in [0.15, 0.2) is 0 Å². The van der Waals surface area contributed by atoms with Crippen LogP contribution in [0.4, 0.5) is 0 Å². The molecule has 1 N–H and O–H groups in total. The normalized spacial score (nSPS) is 13.8. The molecular weight excluding hydrogens is 252 g/mol. The molecular formula is C17H26O3. The lowest BCUT2D eigenvalue weighted by Crippen LogP contribution is -2.11. The lowest BCUT2D eigenvalue weighted by atomic mass is 10.0. The van der Waals surface area contributed by atoms with Crippen LogP contribution in [-0.2, 0) is 11.3 Å². The molecule has 0 heterocycles. The number of benzene rings is 1. The number of hydrogen-bond donors (Lipinski definition) is 1. The minimum Gasteiger partial charge on any atom is -0.497 e. The third-order valence-electron chi connectivity index (χ3n) is 3.26. The van der Waals surface area contributed by atoms with Crippen LogP contribution < -0.4 is 4.74 Å². The third-order valence-corrected chi connectivity index (χ3v) is 3.26. The van der Waals surface area contributed by atoms with Gasteiger partial charge in [-0.3, -0.25) is 0 Å². The van der Waals surface area contributed by atoms with Crippen LogP contribution in [0.1, 0.15) is 31.7 Å². The van der Waals surface area contributed by atoms with Crippen molar-refractivity contribution in [2.45, 2.75) is 38.9 Å². The Kier molecular flexibility index (Phi) is 8.00. The molecule has 2 atom stereocenters. The number of methoxy groups -OCH3 is 1. The molecule has 0 aliphatic heterocycles. The van der Waals surface area contributed by atoms with Gasteiger partial charge in [-0.2, -0.15) is 0 Å². The van der Waals surface area contributed by atoms with Crippen molar-refractivity contribution in [1.29, 1.82) is 0 Å². The summed E-state index contributed by atoms with van der Waals surface area (Å²) in [4.78, 5) is 0. The van der Waals surface area contributed by atoms with Gasteiger partial charge in [0.2, 0.25) is 0 Å². The van der Waals surface area contributed by atoms with Crippen molar-refractivity contribution in [1.82, 2.24) is 0 Å². The van der Waals surface area contributed by atoms with Crippen LogP contribution in [0.2, 0.25) is 0 Å². The van der Waals surface area contributed by atoms with Crippen molar-refractivity contribution in [3.8, 4) is 5.75 Å². The highest BCUT2D eigenvalue weighted by atomic mass is 16.5. The van der Waals surface area contributed by atoms with Crippen molar-refractivity contribution >= 4 is 0 Å². The zero-order valence-electron chi connectivity index (χ0n) is 12.5. The van der Waals surface area contributed by atoms with Gasteiger partial charge >= 0.3 is 0 Å². The van der Waals surface area contributed by atoms with Crippen LogP contribution in [0, 0.1) is 5.92 Å². The summed E-state index contributed by atoms with van der Waals surface area (Å²) in [5.41, 5.74) is 1.14. The molecule has 0 aliphatic rings. The number of hydrogen-bond acceptors (Lipinski definition) is 3. The predicted octanol–water partition coefficient (Wildman–Crippen LogP) is 3.57. The maximum absolute atomic E-state index is 9.63. The highest BCUT2D eigenvalue weighted by Gasteiger charge is 2.07. The van der Waals surface area contributed by atoms with Crippen molar-refractivity contribution in [3.63, 3.8) is 0 Å². The smallest absolute Gasteiger partial charge is 0.118 e. The highest BCUT2D eigenvalue weighted by molar-refractivity contribution is 5.26. The van der Waals surface area contributed by atoms with Crippen molar-refractivity contribution in [2.24, 2.45) is 5.92 Å². The maximum atomic E-state index is 9.63. The Labute approximate surface area is 122 Å². The fraction of sp³-hybridized carbons (Fsp3) is 0.529. The molecule has 0 spiro atoms. The van der Waals surface area contributed by atoms with Gasteiger partial charge in [0.05, 0.1) is 19.8 Å². The first-order valence-electron chi connectivity index (χ1n) is 7.15. The van der Waals surface area contributed by atoms with Gasteiger partial charge in [0.25, 0.3) is 0 Å². The Morgan fingerprint density at radius 2 is 1.95 bits per heavy atom. The molecule has 0 aromatic heterocycles. The molecule has 0 radical (unpaired) electrons. The number of rotatable bonds is 10. The topological polar surface area (TPSA) is 38.7 Å². The molecule has 1 aromatic rings. The molecule has 0 amide bonds. The Morgan fingerprint density at radius 3 is 2.55 bits per heavy atom. The molecule has 0 saturated heterocycles. The Balaban J connectivity index is 2.17. The Bertz CT molecular complexity index is 372. The summed E-state index contributed by atoms with van der Waals surface area (Å²) >= 11 is 0. The largest absolute Gasteiger partial charge is 0.497 e. The number of ether oxygens (including phenoxy) is 2. The summed E-state index contributed by atoms with van der Waals surface area (Å²) < 4.78 is 10.8. The van der Waals surface area contributed by atoms with Gasteiger partial charge in [-0.25, -0.2) is 0 Å². The van der Waals surface area contributed by atoms with E-state index in [0.29, 0.717) is 25.6 Å². The minimum absolute atomic E-state index is 0.267. The lowest BCUT2D eigenvalue weighted by molar-refractivity contribution is 0.0809. The zero-order chi connectivity index (χ0) is 14.8. The van der Waals surface area contributed by atoms with E-state index >= 15 is 0 Å². The lowest BCUT2D eigenvalue weighted by Gasteiger charge is -2.14. The summed E-state index contributed by atoms with van der Waals surface area (Å²) in [5, 5.41) is 9.63. The van der Waals surface area contributed by atoms with Gasteiger partial charge in [-0.1, -0.05) is 25.1 Å². The first-order chi connectivity index (χ1) is 9.65. The second kappa shape index (κ2) is 9.56. The Hall–Kier alpha value is -1.32. The molecule has 3 heteroatoms. The van der Waals surface area contributed by atoms with E-state index in [1.807, 2.05) is 24.3 Å². The average Bonchev–Trinajstić information content (AvgIpc) is 2.46. The van der Waals surface area contributed by atoms with E-state index in [4.69, 9.17) is 9.47 Å². The SMILES string of the molecule is C=CC[C@@H](O)CC[C@H](C)COCc1ccc(OC)cc1. The van der Waals surface area contributed by atoms with Crippen LogP contribution in [0.15, 0.2) is 36.9 Å². The monoisotopic (exact) mass is 278 g/mol. The Morgan fingerprint density at radius 1 is 1.25 bits per heavy atom. The minimum atomic E-state index is -0.267. The second-order valence-electron chi connectivity index (χ2n) is 5.22. The van der Waals surface area contributed by atoms with Gasteiger partial charge < -0.3 is 14.6 Å². The van der Waals surface area contributed by atoms with E-state index < -0.39 is 0 Å². The van der Waals surface area contributed by atoms with Crippen molar-refractivity contribution in [2.75, 3.05) is 13.7 Å². The van der Waals surface area contributed by atoms with Gasteiger partial charge in [0, 0.05) is 6.61 Å². The van der Waals surface area contributed by atoms with Crippen molar-refractivity contribution in [3.05, 3.63) is 42.5 Å². The fourth-order valence-corrected chi connectivity index (χ4v) is 1.97.